The summed E-state index contributed by atoms with van der Waals surface area (Å²) >= 11 is 2.78. The molecule has 0 saturated carbocycles. The molecule has 2 aromatic rings. The number of hydrogen-bond donors (Lipinski definition) is 2. The molecule has 0 fully saturated rings. The highest BCUT2D eigenvalue weighted by Crippen LogP contribution is 2.26. The normalized spacial score (nSPS) is 12.0. The number of sulfonamides is 1. The third-order valence-corrected chi connectivity index (χ3v) is 7.11. The second-order valence-electron chi connectivity index (χ2n) is 4.64. The Bertz CT molecular complexity index is 704. The molecule has 0 saturated heterocycles. The average molecular weight is 346 g/mol. The fraction of sp³-hybridized carbons (Fsp3) is 0.462. The van der Waals surface area contributed by atoms with Crippen LogP contribution in [0.1, 0.15) is 27.9 Å². The van der Waals surface area contributed by atoms with Gasteiger partial charge in [-0.2, -0.15) is 0 Å². The summed E-state index contributed by atoms with van der Waals surface area (Å²) in [5.74, 6) is 0. The van der Waals surface area contributed by atoms with E-state index in [-0.39, 0.29) is 0 Å². The van der Waals surface area contributed by atoms with Crippen molar-refractivity contribution in [1.82, 2.24) is 15.0 Å². The summed E-state index contributed by atoms with van der Waals surface area (Å²) in [4.78, 5) is 6.13. The average Bonchev–Trinajstić information content (AvgIpc) is 3.01. The molecule has 0 unspecified atom stereocenters. The zero-order valence-electron chi connectivity index (χ0n) is 12.3. The minimum absolute atomic E-state index is 0.290. The van der Waals surface area contributed by atoms with Gasteiger partial charge in [-0.15, -0.1) is 22.7 Å². The first-order valence-corrected chi connectivity index (χ1v) is 9.80. The number of rotatable bonds is 7. The van der Waals surface area contributed by atoms with E-state index in [9.17, 15) is 8.42 Å². The van der Waals surface area contributed by atoms with Crippen LogP contribution >= 0.6 is 22.7 Å². The molecule has 2 aromatic heterocycles. The molecule has 0 radical (unpaired) electrons. The number of thiophene rings is 1. The van der Waals surface area contributed by atoms with E-state index < -0.39 is 10.0 Å². The monoisotopic (exact) mass is 345 g/mol. The molecule has 0 aromatic carbocycles. The maximum atomic E-state index is 12.3. The Hall–Kier alpha value is -0.800. The molecular formula is C13H19N3O2S3. The molecule has 2 N–H and O–H groups in total. The molecule has 0 amide bonds. The lowest BCUT2D eigenvalue weighted by atomic mass is 10.3. The minimum Gasteiger partial charge on any atom is -0.312 e. The van der Waals surface area contributed by atoms with Crippen LogP contribution in [0, 0.1) is 13.8 Å². The van der Waals surface area contributed by atoms with E-state index in [2.05, 4.69) is 15.0 Å². The number of nitrogens with one attached hydrogen (secondary N) is 2. The van der Waals surface area contributed by atoms with E-state index in [1.165, 1.54) is 22.7 Å². The van der Waals surface area contributed by atoms with Crippen LogP contribution in [-0.2, 0) is 23.1 Å². The van der Waals surface area contributed by atoms with E-state index in [0.29, 0.717) is 17.3 Å². The lowest BCUT2D eigenvalue weighted by molar-refractivity contribution is 0.583. The predicted octanol–water partition coefficient (Wildman–Crippen LogP) is 2.41. The van der Waals surface area contributed by atoms with Gasteiger partial charge in [-0.1, -0.05) is 6.92 Å². The quantitative estimate of drug-likeness (QED) is 0.808. The zero-order valence-corrected chi connectivity index (χ0v) is 14.7. The Morgan fingerprint density at radius 1 is 1.24 bits per heavy atom. The van der Waals surface area contributed by atoms with Crippen LogP contribution < -0.4 is 10.0 Å². The minimum atomic E-state index is -3.46. The Morgan fingerprint density at radius 2 is 2.00 bits per heavy atom. The first kappa shape index (κ1) is 16.6. The van der Waals surface area contributed by atoms with Crippen molar-refractivity contribution in [1.29, 1.82) is 0 Å². The molecule has 0 spiro atoms. The molecular weight excluding hydrogens is 326 g/mol. The van der Waals surface area contributed by atoms with Gasteiger partial charge in [0.15, 0.2) is 0 Å². The zero-order chi connectivity index (χ0) is 15.5. The number of hydrogen-bond acceptors (Lipinski definition) is 6. The Balaban J connectivity index is 2.10. The fourth-order valence-corrected chi connectivity index (χ4v) is 5.17. The van der Waals surface area contributed by atoms with E-state index >= 15 is 0 Å². The van der Waals surface area contributed by atoms with Crippen LogP contribution in [0.5, 0.6) is 0 Å². The van der Waals surface area contributed by atoms with Gasteiger partial charge >= 0.3 is 0 Å². The molecule has 2 rings (SSSR count). The van der Waals surface area contributed by atoms with Crippen molar-refractivity contribution >= 4 is 32.7 Å². The van der Waals surface area contributed by atoms with Gasteiger partial charge in [-0.3, -0.25) is 0 Å². The molecule has 2 heterocycles. The molecule has 0 aliphatic rings. The third kappa shape index (κ3) is 4.10. The Morgan fingerprint density at radius 3 is 2.62 bits per heavy atom. The lowest BCUT2D eigenvalue weighted by Gasteiger charge is -2.03. The van der Waals surface area contributed by atoms with Crippen LogP contribution in [0.25, 0.3) is 0 Å². The van der Waals surface area contributed by atoms with Gasteiger partial charge in [0.05, 0.1) is 11.2 Å². The van der Waals surface area contributed by atoms with Crippen LogP contribution in [-0.4, -0.2) is 19.9 Å². The van der Waals surface area contributed by atoms with Crippen molar-refractivity contribution in [3.63, 3.8) is 0 Å². The van der Waals surface area contributed by atoms with Gasteiger partial charge in [0.2, 0.25) is 10.0 Å². The maximum Gasteiger partial charge on any atom is 0.250 e. The van der Waals surface area contributed by atoms with Crippen molar-refractivity contribution in [3.05, 3.63) is 32.6 Å². The van der Waals surface area contributed by atoms with Gasteiger partial charge in [0.1, 0.15) is 4.21 Å². The predicted molar refractivity (Wildman–Crippen MR) is 87.3 cm³/mol. The third-order valence-electron chi connectivity index (χ3n) is 3.07. The summed E-state index contributed by atoms with van der Waals surface area (Å²) < 4.78 is 27.7. The second-order valence-corrected chi connectivity index (χ2v) is 8.71. The summed E-state index contributed by atoms with van der Waals surface area (Å²) in [6.45, 7) is 7.70. The van der Waals surface area contributed by atoms with E-state index in [0.717, 1.165) is 27.6 Å². The SMILES string of the molecule is CCNCc1sc(S(=O)(=O)NCc2scnc2C)cc1C. The maximum absolute atomic E-state index is 12.3. The van der Waals surface area contributed by atoms with Crippen LogP contribution in [0.2, 0.25) is 0 Å². The Labute approximate surface area is 133 Å². The molecule has 0 aliphatic heterocycles. The van der Waals surface area contributed by atoms with Crippen molar-refractivity contribution in [2.24, 2.45) is 0 Å². The molecule has 116 valence electrons. The highest BCUT2D eigenvalue weighted by Gasteiger charge is 2.19. The van der Waals surface area contributed by atoms with Gasteiger partial charge in [-0.25, -0.2) is 18.1 Å². The smallest absolute Gasteiger partial charge is 0.250 e. The molecule has 5 nitrogen and oxygen atoms in total. The standard InChI is InChI=1S/C13H19N3O2S3/c1-4-14-6-11-9(2)5-13(20-11)21(17,18)16-7-12-10(3)15-8-19-12/h5,8,14,16H,4,6-7H2,1-3H3. The topological polar surface area (TPSA) is 71.1 Å². The molecule has 0 atom stereocenters. The Kier molecular flexibility index (Phi) is 5.50. The van der Waals surface area contributed by atoms with Crippen LogP contribution in [0.3, 0.4) is 0 Å². The van der Waals surface area contributed by atoms with Crippen molar-refractivity contribution in [2.45, 2.75) is 38.1 Å². The van der Waals surface area contributed by atoms with Gasteiger partial charge in [0.25, 0.3) is 0 Å². The molecule has 8 heteroatoms. The first-order valence-electron chi connectivity index (χ1n) is 6.62. The van der Waals surface area contributed by atoms with Gasteiger partial charge < -0.3 is 5.32 Å². The van der Waals surface area contributed by atoms with Crippen LogP contribution in [0.4, 0.5) is 0 Å². The largest absolute Gasteiger partial charge is 0.312 e. The number of aryl methyl sites for hydroxylation is 2. The van der Waals surface area contributed by atoms with Gasteiger partial charge in [0, 0.05) is 22.8 Å². The van der Waals surface area contributed by atoms with Crippen molar-refractivity contribution in [3.8, 4) is 0 Å². The van der Waals surface area contributed by atoms with E-state index in [4.69, 9.17) is 0 Å². The highest BCUT2D eigenvalue weighted by atomic mass is 32.2. The summed E-state index contributed by atoms with van der Waals surface area (Å²) in [6, 6.07) is 1.74. The number of thiazole rings is 1. The number of nitrogens with zero attached hydrogens (tertiary/aromatic N) is 1. The molecule has 0 bridgehead atoms. The highest BCUT2D eigenvalue weighted by molar-refractivity contribution is 7.91. The summed E-state index contributed by atoms with van der Waals surface area (Å²) in [5.41, 5.74) is 3.61. The summed E-state index contributed by atoms with van der Waals surface area (Å²) in [5, 5.41) is 3.22. The summed E-state index contributed by atoms with van der Waals surface area (Å²) in [6.07, 6.45) is 0. The fourth-order valence-electron chi connectivity index (χ4n) is 1.76. The second kappa shape index (κ2) is 6.97. The van der Waals surface area contributed by atoms with Crippen molar-refractivity contribution in [2.75, 3.05) is 6.54 Å². The van der Waals surface area contributed by atoms with Crippen molar-refractivity contribution < 1.29 is 8.42 Å². The first-order chi connectivity index (χ1) is 9.94. The van der Waals surface area contributed by atoms with E-state index in [1.54, 1.807) is 11.6 Å². The van der Waals surface area contributed by atoms with E-state index in [1.807, 2.05) is 20.8 Å². The number of aromatic nitrogens is 1. The van der Waals surface area contributed by atoms with Crippen LogP contribution in [0.15, 0.2) is 15.8 Å². The van der Waals surface area contributed by atoms with Gasteiger partial charge in [-0.05, 0) is 32.0 Å². The lowest BCUT2D eigenvalue weighted by Crippen LogP contribution is -2.22. The molecule has 0 aliphatic carbocycles. The molecule has 21 heavy (non-hydrogen) atoms. The summed E-state index contributed by atoms with van der Waals surface area (Å²) in [7, 11) is -3.46.